The predicted molar refractivity (Wildman–Crippen MR) is 150 cm³/mol. The van der Waals surface area contributed by atoms with Crippen molar-refractivity contribution in [1.82, 2.24) is 19.9 Å². The van der Waals surface area contributed by atoms with Crippen LogP contribution < -0.4 is 26.0 Å². The van der Waals surface area contributed by atoms with E-state index in [-0.39, 0.29) is 41.3 Å². The maximum atomic E-state index is 15.1. The molecule has 202 valence electrons. The summed E-state index contributed by atoms with van der Waals surface area (Å²) in [4.78, 5) is 39.3. The molecule has 0 spiro atoms. The van der Waals surface area contributed by atoms with Crippen LogP contribution in [-0.4, -0.2) is 53.2 Å². The Morgan fingerprint density at radius 1 is 1.15 bits per heavy atom. The fourth-order valence-corrected chi connectivity index (χ4v) is 5.52. The minimum Gasteiger partial charge on any atom is -0.366 e. The molecule has 2 aromatic carbocycles. The lowest BCUT2D eigenvalue weighted by atomic mass is 9.97. The summed E-state index contributed by atoms with van der Waals surface area (Å²) in [7, 11) is 1.66. The monoisotopic (exact) mass is 538 g/mol. The fraction of sp³-hybridized carbons (Fsp3) is 0.276. The minimum absolute atomic E-state index is 0.106. The molecular formula is C29H27FN8O2. The van der Waals surface area contributed by atoms with E-state index in [0.717, 1.165) is 17.8 Å². The first-order chi connectivity index (χ1) is 19.3. The molecule has 11 heteroatoms. The van der Waals surface area contributed by atoms with Crippen LogP contribution in [0.15, 0.2) is 59.5 Å². The van der Waals surface area contributed by atoms with Crippen LogP contribution in [0.5, 0.6) is 0 Å². The van der Waals surface area contributed by atoms with Crippen molar-refractivity contribution in [2.45, 2.75) is 25.4 Å². The van der Waals surface area contributed by atoms with E-state index < -0.39 is 11.6 Å². The first-order valence-electron chi connectivity index (χ1n) is 13.1. The summed E-state index contributed by atoms with van der Waals surface area (Å²) in [5, 5.41) is 16.4. The van der Waals surface area contributed by atoms with Gasteiger partial charge in [-0.1, -0.05) is 18.2 Å². The number of rotatable bonds is 4. The summed E-state index contributed by atoms with van der Waals surface area (Å²) in [6.45, 7) is 4.27. The fourth-order valence-electron chi connectivity index (χ4n) is 5.52. The number of nitrogens with one attached hydrogen (secondary N) is 2. The number of fused-ring (bicyclic) bond motifs is 2. The predicted octanol–water partition coefficient (Wildman–Crippen LogP) is 3.10. The number of nitriles is 1. The van der Waals surface area contributed by atoms with Crippen LogP contribution in [-0.2, 0) is 11.2 Å². The van der Waals surface area contributed by atoms with Gasteiger partial charge >= 0.3 is 0 Å². The van der Waals surface area contributed by atoms with Crippen LogP contribution in [0.2, 0.25) is 0 Å². The number of likely N-dealkylation sites (N-methyl/N-ethyl adjacent to an activating group) is 1. The molecule has 10 nitrogen and oxygen atoms in total. The van der Waals surface area contributed by atoms with E-state index in [1.807, 2.05) is 35.2 Å². The molecule has 0 radical (unpaired) electrons. The number of pyridine rings is 1. The molecule has 6 rings (SSSR count). The smallest absolute Gasteiger partial charge is 0.270 e. The van der Waals surface area contributed by atoms with Crippen molar-refractivity contribution in [3.05, 3.63) is 82.0 Å². The van der Waals surface area contributed by atoms with Crippen LogP contribution in [0.1, 0.15) is 24.1 Å². The van der Waals surface area contributed by atoms with E-state index in [9.17, 15) is 14.9 Å². The van der Waals surface area contributed by atoms with Gasteiger partial charge in [-0.2, -0.15) is 10.2 Å². The number of hydrogen-bond acceptors (Lipinski definition) is 8. The SMILES string of the molecule is CC1CN(c2ccc(Nc3ncc4cc(C#N)c(=O)n(C5Cc6ccccc6N(C)C5=O)c4n3)cc2F)CCN1. The zero-order valence-electron chi connectivity index (χ0n) is 22.1. The van der Waals surface area contributed by atoms with Crippen molar-refractivity contribution in [3.8, 4) is 6.07 Å². The molecule has 4 heterocycles. The van der Waals surface area contributed by atoms with Crippen molar-refractivity contribution in [1.29, 1.82) is 5.26 Å². The third kappa shape index (κ3) is 4.42. The third-order valence-electron chi connectivity index (χ3n) is 7.50. The molecule has 2 aliphatic rings. The summed E-state index contributed by atoms with van der Waals surface area (Å²) >= 11 is 0. The number of benzene rings is 2. The number of carbonyl (C=O) groups excluding carboxylic acids is 1. The zero-order valence-corrected chi connectivity index (χ0v) is 22.1. The number of anilines is 4. The molecule has 4 aromatic rings. The van der Waals surface area contributed by atoms with Gasteiger partial charge in [0.05, 0.1) is 5.69 Å². The molecule has 2 N–H and O–H groups in total. The van der Waals surface area contributed by atoms with Crippen LogP contribution in [0.3, 0.4) is 0 Å². The van der Waals surface area contributed by atoms with Crippen LogP contribution in [0, 0.1) is 17.1 Å². The highest BCUT2D eigenvalue weighted by molar-refractivity contribution is 5.99. The maximum Gasteiger partial charge on any atom is 0.270 e. The Balaban J connectivity index is 1.38. The maximum absolute atomic E-state index is 15.1. The lowest BCUT2D eigenvalue weighted by Crippen LogP contribution is -2.49. The van der Waals surface area contributed by atoms with Gasteiger partial charge in [-0.15, -0.1) is 0 Å². The standard InChI is InChI=1S/C29H27FN8O2/c1-17-16-37(10-9-32-17)24-8-7-21(13-22(24)30)34-29-33-15-20-11-19(14-31)27(39)38(26(20)35-29)25-12-18-5-3-4-6-23(18)36(2)28(25)40/h3-8,11,13,15,17,25,32H,9-10,12,16H2,1-2H3,(H,33,34,35). The van der Waals surface area contributed by atoms with Crippen molar-refractivity contribution < 1.29 is 9.18 Å². The number of carbonyl (C=O) groups is 1. The first kappa shape index (κ1) is 25.5. The highest BCUT2D eigenvalue weighted by Gasteiger charge is 2.34. The second kappa shape index (κ2) is 10.1. The summed E-state index contributed by atoms with van der Waals surface area (Å²) < 4.78 is 16.4. The van der Waals surface area contributed by atoms with Gasteiger partial charge in [0.2, 0.25) is 11.9 Å². The van der Waals surface area contributed by atoms with Crippen molar-refractivity contribution in [2.24, 2.45) is 0 Å². The minimum atomic E-state index is -0.899. The number of nitrogens with zero attached hydrogens (tertiary/aromatic N) is 6. The summed E-state index contributed by atoms with van der Waals surface area (Å²) in [5.74, 6) is -0.527. The third-order valence-corrected chi connectivity index (χ3v) is 7.50. The van der Waals surface area contributed by atoms with Crippen LogP contribution in [0.25, 0.3) is 11.0 Å². The van der Waals surface area contributed by atoms with Crippen molar-refractivity contribution in [3.63, 3.8) is 0 Å². The Labute approximate surface area is 229 Å². The Morgan fingerprint density at radius 2 is 1.98 bits per heavy atom. The lowest BCUT2D eigenvalue weighted by Gasteiger charge is -2.33. The van der Waals surface area contributed by atoms with Crippen LogP contribution in [0.4, 0.5) is 27.4 Å². The lowest BCUT2D eigenvalue weighted by molar-refractivity contribution is -0.121. The summed E-state index contributed by atoms with van der Waals surface area (Å²) in [5.41, 5.74) is 2.14. The van der Waals surface area contributed by atoms with E-state index >= 15 is 4.39 Å². The van der Waals surface area contributed by atoms with E-state index in [2.05, 4.69) is 27.5 Å². The van der Waals surface area contributed by atoms with Gasteiger partial charge < -0.3 is 20.4 Å². The second-order valence-corrected chi connectivity index (χ2v) is 10.2. The normalized spacial score (nSPS) is 18.9. The Hall–Kier alpha value is -4.82. The van der Waals surface area contributed by atoms with Gasteiger partial charge in [0.25, 0.3) is 5.56 Å². The molecule has 0 bridgehead atoms. The molecule has 1 saturated heterocycles. The van der Waals surface area contributed by atoms with E-state index in [1.165, 1.54) is 27.8 Å². The number of piperazine rings is 1. The van der Waals surface area contributed by atoms with E-state index in [0.29, 0.717) is 29.9 Å². The number of hydrogen-bond donors (Lipinski definition) is 2. The average molecular weight is 539 g/mol. The summed E-state index contributed by atoms with van der Waals surface area (Å²) in [6, 6.07) is 15.1. The first-order valence-corrected chi connectivity index (χ1v) is 13.1. The van der Waals surface area contributed by atoms with Gasteiger partial charge in [-0.3, -0.25) is 14.2 Å². The molecule has 2 unspecified atom stereocenters. The molecule has 2 aliphatic heterocycles. The average Bonchev–Trinajstić information content (AvgIpc) is 2.95. The topological polar surface area (TPSA) is 119 Å². The molecule has 1 fully saturated rings. The Kier molecular flexibility index (Phi) is 6.40. The largest absolute Gasteiger partial charge is 0.366 e. The van der Waals surface area contributed by atoms with Gasteiger partial charge in [-0.25, -0.2) is 9.37 Å². The highest BCUT2D eigenvalue weighted by atomic mass is 19.1. The molecule has 1 amide bonds. The van der Waals surface area contributed by atoms with E-state index in [4.69, 9.17) is 0 Å². The molecule has 2 aromatic heterocycles. The molecule has 0 saturated carbocycles. The van der Waals surface area contributed by atoms with Gasteiger partial charge in [0.15, 0.2) is 0 Å². The number of aromatic nitrogens is 3. The van der Waals surface area contributed by atoms with Crippen molar-refractivity contribution in [2.75, 3.05) is 41.8 Å². The van der Waals surface area contributed by atoms with Crippen molar-refractivity contribution >= 4 is 40.0 Å². The number of halogens is 1. The quantitative estimate of drug-likeness (QED) is 0.407. The highest BCUT2D eigenvalue weighted by Crippen LogP contribution is 2.33. The van der Waals surface area contributed by atoms with Crippen LogP contribution >= 0.6 is 0 Å². The molecular weight excluding hydrogens is 511 g/mol. The molecule has 0 aliphatic carbocycles. The zero-order chi connectivity index (χ0) is 28.0. The molecule has 2 atom stereocenters. The Bertz CT molecular complexity index is 1750. The Morgan fingerprint density at radius 3 is 2.75 bits per heavy atom. The van der Waals surface area contributed by atoms with E-state index in [1.54, 1.807) is 19.2 Å². The van der Waals surface area contributed by atoms with Gasteiger partial charge in [0.1, 0.15) is 29.1 Å². The second-order valence-electron chi connectivity index (χ2n) is 10.2. The van der Waals surface area contributed by atoms with Gasteiger partial charge in [-0.05, 0) is 42.8 Å². The number of para-hydroxylation sites is 1. The summed E-state index contributed by atoms with van der Waals surface area (Å²) in [6.07, 6.45) is 1.76. The number of amides is 1. The molecule has 40 heavy (non-hydrogen) atoms. The van der Waals surface area contributed by atoms with Gasteiger partial charge in [0, 0.05) is 62.1 Å².